The lowest BCUT2D eigenvalue weighted by Crippen LogP contribution is -2.42. The quantitative estimate of drug-likeness (QED) is 0.554. The average Bonchev–Trinajstić information content (AvgIpc) is 2.42. The molecule has 0 saturated heterocycles. The molecule has 0 aromatic carbocycles. The third-order valence-corrected chi connectivity index (χ3v) is 3.61. The van der Waals surface area contributed by atoms with E-state index in [9.17, 15) is 15.2 Å². The van der Waals surface area contributed by atoms with Crippen molar-refractivity contribution in [3.05, 3.63) is 16.3 Å². The number of hydrogen-bond acceptors (Lipinski definition) is 7. The number of rotatable bonds is 8. The van der Waals surface area contributed by atoms with Gasteiger partial charge in [-0.15, -0.1) is 0 Å². The van der Waals surface area contributed by atoms with Crippen molar-refractivity contribution in [2.75, 3.05) is 29.9 Å². The van der Waals surface area contributed by atoms with Crippen LogP contribution in [0.2, 0.25) is 0 Å². The summed E-state index contributed by atoms with van der Waals surface area (Å²) in [5.74, 6) is 0.687. The molecular weight excluding hydrogens is 274 g/mol. The maximum absolute atomic E-state index is 11.2. The van der Waals surface area contributed by atoms with Crippen LogP contribution in [0.3, 0.4) is 0 Å². The molecule has 1 aromatic heterocycles. The first-order valence-corrected chi connectivity index (χ1v) is 7.30. The third kappa shape index (κ3) is 3.57. The summed E-state index contributed by atoms with van der Waals surface area (Å²) in [4.78, 5) is 20.9. The zero-order chi connectivity index (χ0) is 15.2. The molecule has 1 aromatic rings. The summed E-state index contributed by atoms with van der Waals surface area (Å²) in [5, 5.41) is 23.5. The molecule has 0 spiro atoms. The average molecular weight is 295 g/mol. The van der Waals surface area contributed by atoms with Crippen LogP contribution in [0, 0.1) is 10.1 Å². The maximum Gasteiger partial charge on any atom is 0.329 e. The predicted octanol–water partition coefficient (Wildman–Crippen LogP) is 1.56. The molecule has 0 radical (unpaired) electrons. The Balaban J connectivity index is 2.32. The Morgan fingerprint density at radius 2 is 2.33 bits per heavy atom. The molecule has 0 amide bonds. The van der Waals surface area contributed by atoms with Gasteiger partial charge in [-0.1, -0.05) is 6.92 Å². The van der Waals surface area contributed by atoms with E-state index in [-0.39, 0.29) is 18.3 Å². The van der Waals surface area contributed by atoms with Crippen LogP contribution in [-0.4, -0.2) is 45.7 Å². The van der Waals surface area contributed by atoms with Crippen LogP contribution in [-0.2, 0) is 0 Å². The minimum Gasteiger partial charge on any atom is -0.395 e. The number of aromatic nitrogens is 2. The van der Waals surface area contributed by atoms with Crippen molar-refractivity contribution in [3.63, 3.8) is 0 Å². The molecule has 1 aliphatic carbocycles. The second kappa shape index (κ2) is 7.16. The van der Waals surface area contributed by atoms with Crippen LogP contribution >= 0.6 is 0 Å². The molecule has 1 saturated carbocycles. The van der Waals surface area contributed by atoms with Gasteiger partial charge in [-0.2, -0.15) is 4.98 Å². The van der Waals surface area contributed by atoms with Crippen molar-refractivity contribution < 1.29 is 10.0 Å². The molecule has 0 aliphatic heterocycles. The minimum atomic E-state index is -0.470. The highest BCUT2D eigenvalue weighted by molar-refractivity contribution is 5.59. The van der Waals surface area contributed by atoms with Crippen molar-refractivity contribution in [2.45, 2.75) is 38.6 Å². The lowest BCUT2D eigenvalue weighted by molar-refractivity contribution is -0.384. The number of aliphatic hydroxyl groups is 1. The molecule has 1 aliphatic rings. The van der Waals surface area contributed by atoms with Gasteiger partial charge in [0, 0.05) is 19.1 Å². The molecule has 8 heteroatoms. The molecular formula is C13H21N5O3. The molecule has 21 heavy (non-hydrogen) atoms. The van der Waals surface area contributed by atoms with E-state index in [0.717, 1.165) is 25.7 Å². The summed E-state index contributed by atoms with van der Waals surface area (Å²) in [6.07, 6.45) is 5.20. The second-order valence-electron chi connectivity index (χ2n) is 5.09. The summed E-state index contributed by atoms with van der Waals surface area (Å²) >= 11 is 0. The number of hydrogen-bond donors (Lipinski definition) is 2. The number of anilines is 2. The van der Waals surface area contributed by atoms with Gasteiger partial charge < -0.3 is 15.3 Å². The predicted molar refractivity (Wildman–Crippen MR) is 79.5 cm³/mol. The van der Waals surface area contributed by atoms with Gasteiger partial charge in [-0.3, -0.25) is 10.1 Å². The SMILES string of the molecule is CCCNc1ncc([N+](=O)[O-])c(N(CCO)C2CCC2)n1. The van der Waals surface area contributed by atoms with Crippen molar-refractivity contribution in [1.82, 2.24) is 9.97 Å². The number of nitro groups is 1. The maximum atomic E-state index is 11.2. The van der Waals surface area contributed by atoms with Gasteiger partial charge in [0.15, 0.2) is 0 Å². The van der Waals surface area contributed by atoms with E-state index in [1.165, 1.54) is 6.20 Å². The largest absolute Gasteiger partial charge is 0.395 e. The molecule has 2 rings (SSSR count). The first-order chi connectivity index (χ1) is 10.2. The Hall–Kier alpha value is -1.96. The fraction of sp³-hybridized carbons (Fsp3) is 0.692. The van der Waals surface area contributed by atoms with Crippen molar-refractivity contribution in [2.24, 2.45) is 0 Å². The zero-order valence-electron chi connectivity index (χ0n) is 12.2. The van der Waals surface area contributed by atoms with E-state index in [2.05, 4.69) is 15.3 Å². The Bertz CT molecular complexity index is 493. The Kier molecular flexibility index (Phi) is 5.26. The van der Waals surface area contributed by atoms with Crippen LogP contribution in [0.4, 0.5) is 17.5 Å². The Morgan fingerprint density at radius 3 is 2.86 bits per heavy atom. The highest BCUT2D eigenvalue weighted by atomic mass is 16.6. The monoisotopic (exact) mass is 295 g/mol. The molecule has 8 nitrogen and oxygen atoms in total. The Labute approximate surface area is 123 Å². The molecule has 2 N–H and O–H groups in total. The van der Waals surface area contributed by atoms with Gasteiger partial charge in [0.05, 0.1) is 11.5 Å². The fourth-order valence-corrected chi connectivity index (χ4v) is 2.30. The van der Waals surface area contributed by atoms with Crippen LogP contribution in [0.5, 0.6) is 0 Å². The molecule has 116 valence electrons. The second-order valence-corrected chi connectivity index (χ2v) is 5.09. The molecule has 0 bridgehead atoms. The van der Waals surface area contributed by atoms with Gasteiger partial charge in [0.2, 0.25) is 11.8 Å². The lowest BCUT2D eigenvalue weighted by Gasteiger charge is -2.37. The number of nitrogens with zero attached hydrogens (tertiary/aromatic N) is 4. The van der Waals surface area contributed by atoms with E-state index >= 15 is 0 Å². The topological polar surface area (TPSA) is 104 Å². The van der Waals surface area contributed by atoms with Gasteiger partial charge in [-0.25, -0.2) is 4.98 Å². The van der Waals surface area contributed by atoms with Gasteiger partial charge in [0.1, 0.15) is 6.20 Å². The summed E-state index contributed by atoms with van der Waals surface area (Å²) in [6.45, 7) is 3.01. The summed E-state index contributed by atoms with van der Waals surface area (Å²) < 4.78 is 0. The van der Waals surface area contributed by atoms with Crippen LogP contribution < -0.4 is 10.2 Å². The van der Waals surface area contributed by atoms with E-state index in [1.54, 1.807) is 0 Å². The van der Waals surface area contributed by atoms with Gasteiger partial charge in [0.25, 0.3) is 0 Å². The standard InChI is InChI=1S/C13H21N5O3/c1-2-6-14-13-15-9-11(18(20)21)12(16-13)17(7-8-19)10-4-3-5-10/h9-10,19H,2-8H2,1H3,(H,14,15,16). The fourth-order valence-electron chi connectivity index (χ4n) is 2.30. The van der Waals surface area contributed by atoms with Crippen molar-refractivity contribution >= 4 is 17.5 Å². The Morgan fingerprint density at radius 1 is 1.57 bits per heavy atom. The number of nitrogens with one attached hydrogen (secondary N) is 1. The zero-order valence-corrected chi connectivity index (χ0v) is 12.2. The first kappa shape index (κ1) is 15.4. The van der Waals surface area contributed by atoms with Crippen molar-refractivity contribution in [3.8, 4) is 0 Å². The smallest absolute Gasteiger partial charge is 0.329 e. The summed E-state index contributed by atoms with van der Waals surface area (Å²) in [7, 11) is 0. The minimum absolute atomic E-state index is 0.0601. The van der Waals surface area contributed by atoms with E-state index in [0.29, 0.717) is 24.9 Å². The molecule has 0 atom stereocenters. The number of aliphatic hydroxyl groups excluding tert-OH is 1. The first-order valence-electron chi connectivity index (χ1n) is 7.30. The lowest BCUT2D eigenvalue weighted by atomic mass is 9.91. The van der Waals surface area contributed by atoms with Gasteiger partial charge >= 0.3 is 5.69 Å². The van der Waals surface area contributed by atoms with Crippen LogP contribution in [0.1, 0.15) is 32.6 Å². The van der Waals surface area contributed by atoms with E-state index in [4.69, 9.17) is 0 Å². The summed E-state index contributed by atoms with van der Waals surface area (Å²) in [6, 6.07) is 0.213. The summed E-state index contributed by atoms with van der Waals surface area (Å²) in [5.41, 5.74) is -0.114. The van der Waals surface area contributed by atoms with Crippen LogP contribution in [0.15, 0.2) is 6.20 Å². The van der Waals surface area contributed by atoms with Crippen LogP contribution in [0.25, 0.3) is 0 Å². The normalized spacial score (nSPS) is 14.6. The third-order valence-electron chi connectivity index (χ3n) is 3.61. The van der Waals surface area contributed by atoms with Gasteiger partial charge in [-0.05, 0) is 25.7 Å². The van der Waals surface area contributed by atoms with Crippen molar-refractivity contribution in [1.29, 1.82) is 0 Å². The highest BCUT2D eigenvalue weighted by Crippen LogP contribution is 2.33. The highest BCUT2D eigenvalue weighted by Gasteiger charge is 2.31. The molecule has 1 fully saturated rings. The molecule has 1 heterocycles. The van der Waals surface area contributed by atoms with E-state index < -0.39 is 4.92 Å². The molecule has 0 unspecified atom stereocenters. The van der Waals surface area contributed by atoms with E-state index in [1.807, 2.05) is 11.8 Å².